The van der Waals surface area contributed by atoms with Crippen molar-refractivity contribution in [3.05, 3.63) is 48.5 Å². The second-order valence-electron chi connectivity index (χ2n) is 3.59. The largest absolute Gasteiger partial charge is 0.488 e. The van der Waals surface area contributed by atoms with Gasteiger partial charge in [-0.2, -0.15) is 0 Å². The van der Waals surface area contributed by atoms with E-state index in [0.717, 1.165) is 9.79 Å². The molecule has 0 heterocycles. The van der Waals surface area contributed by atoms with E-state index in [1.165, 1.54) is 11.8 Å². The lowest BCUT2D eigenvalue weighted by Gasteiger charge is -2.07. The Balaban J connectivity index is 2.29. The average Bonchev–Trinajstić information content (AvgIpc) is 2.33. The molecular formula is C12H12BNO2S. The highest BCUT2D eigenvalue weighted by Crippen LogP contribution is 2.30. The third kappa shape index (κ3) is 3.03. The Labute approximate surface area is 104 Å². The van der Waals surface area contributed by atoms with Crippen molar-refractivity contribution in [2.24, 2.45) is 0 Å². The minimum absolute atomic E-state index is 0.442. The molecule has 0 atom stereocenters. The maximum Gasteiger partial charge on any atom is 0.488 e. The number of nitrogen functional groups attached to an aromatic ring is 1. The predicted molar refractivity (Wildman–Crippen MR) is 71.2 cm³/mol. The fourth-order valence-corrected chi connectivity index (χ4v) is 2.34. The minimum Gasteiger partial charge on any atom is -0.423 e. The summed E-state index contributed by atoms with van der Waals surface area (Å²) < 4.78 is 0. The molecule has 86 valence electrons. The zero-order valence-electron chi connectivity index (χ0n) is 9.08. The molecule has 17 heavy (non-hydrogen) atoms. The lowest BCUT2D eigenvalue weighted by atomic mass is 9.80. The summed E-state index contributed by atoms with van der Waals surface area (Å²) in [5.74, 6) is 0. The number of anilines is 1. The highest BCUT2D eigenvalue weighted by Gasteiger charge is 2.13. The van der Waals surface area contributed by atoms with Gasteiger partial charge in [0.05, 0.1) is 0 Å². The number of benzene rings is 2. The van der Waals surface area contributed by atoms with Crippen LogP contribution >= 0.6 is 11.8 Å². The van der Waals surface area contributed by atoms with Gasteiger partial charge in [0.25, 0.3) is 0 Å². The first-order valence-electron chi connectivity index (χ1n) is 5.15. The molecule has 0 aromatic heterocycles. The van der Waals surface area contributed by atoms with Crippen LogP contribution in [0.1, 0.15) is 0 Å². The first-order chi connectivity index (χ1) is 8.16. The van der Waals surface area contributed by atoms with Crippen LogP contribution in [0.25, 0.3) is 0 Å². The van der Waals surface area contributed by atoms with Crippen LogP contribution in [0, 0.1) is 0 Å². The van der Waals surface area contributed by atoms with E-state index >= 15 is 0 Å². The molecule has 0 saturated heterocycles. The summed E-state index contributed by atoms with van der Waals surface area (Å²) in [5.41, 5.74) is 6.92. The van der Waals surface area contributed by atoms with E-state index in [0.29, 0.717) is 11.2 Å². The van der Waals surface area contributed by atoms with Crippen molar-refractivity contribution in [2.45, 2.75) is 9.79 Å². The molecule has 0 saturated carbocycles. The van der Waals surface area contributed by atoms with Gasteiger partial charge < -0.3 is 15.8 Å². The van der Waals surface area contributed by atoms with Gasteiger partial charge in [0.2, 0.25) is 0 Å². The Bertz CT molecular complexity index is 505. The van der Waals surface area contributed by atoms with E-state index in [9.17, 15) is 0 Å². The first kappa shape index (κ1) is 12.0. The Morgan fingerprint density at radius 2 is 1.71 bits per heavy atom. The van der Waals surface area contributed by atoms with E-state index in [-0.39, 0.29) is 0 Å². The van der Waals surface area contributed by atoms with Crippen LogP contribution in [0.4, 0.5) is 5.69 Å². The van der Waals surface area contributed by atoms with Gasteiger partial charge in [-0.25, -0.2) is 0 Å². The lowest BCUT2D eigenvalue weighted by molar-refractivity contribution is 0.425. The Hall–Kier alpha value is -1.43. The Kier molecular flexibility index (Phi) is 3.73. The molecule has 2 aromatic carbocycles. The highest BCUT2D eigenvalue weighted by atomic mass is 32.2. The van der Waals surface area contributed by atoms with Gasteiger partial charge in [-0.05, 0) is 29.7 Å². The SMILES string of the molecule is Nc1ccc(B(O)O)cc1Sc1ccccc1. The van der Waals surface area contributed by atoms with Gasteiger partial charge >= 0.3 is 7.12 Å². The molecule has 0 amide bonds. The zero-order chi connectivity index (χ0) is 12.3. The van der Waals surface area contributed by atoms with E-state index < -0.39 is 7.12 Å². The third-order valence-corrected chi connectivity index (χ3v) is 3.39. The maximum absolute atomic E-state index is 9.11. The summed E-state index contributed by atoms with van der Waals surface area (Å²) in [5, 5.41) is 18.2. The summed E-state index contributed by atoms with van der Waals surface area (Å²) in [7, 11) is -1.47. The van der Waals surface area contributed by atoms with Crippen molar-refractivity contribution in [3.8, 4) is 0 Å². The molecule has 0 aliphatic carbocycles. The molecule has 0 fully saturated rings. The molecule has 0 unspecified atom stereocenters. The van der Waals surface area contributed by atoms with Crippen molar-refractivity contribution in [3.63, 3.8) is 0 Å². The smallest absolute Gasteiger partial charge is 0.423 e. The summed E-state index contributed by atoms with van der Waals surface area (Å²) in [6.45, 7) is 0. The minimum atomic E-state index is -1.47. The molecule has 5 heteroatoms. The summed E-state index contributed by atoms with van der Waals surface area (Å²) >= 11 is 1.50. The molecule has 2 aromatic rings. The number of nitrogens with two attached hydrogens (primary N) is 1. The van der Waals surface area contributed by atoms with E-state index in [4.69, 9.17) is 15.8 Å². The molecule has 0 bridgehead atoms. The quantitative estimate of drug-likeness (QED) is 0.559. The second-order valence-corrected chi connectivity index (χ2v) is 4.70. The monoisotopic (exact) mass is 245 g/mol. The second kappa shape index (κ2) is 5.27. The summed E-state index contributed by atoms with van der Waals surface area (Å²) in [4.78, 5) is 1.88. The first-order valence-corrected chi connectivity index (χ1v) is 5.97. The van der Waals surface area contributed by atoms with Gasteiger partial charge in [0, 0.05) is 15.5 Å². The van der Waals surface area contributed by atoms with E-state index in [1.54, 1.807) is 18.2 Å². The van der Waals surface area contributed by atoms with Gasteiger partial charge in [0.1, 0.15) is 0 Å². The molecule has 0 radical (unpaired) electrons. The van der Waals surface area contributed by atoms with Crippen LogP contribution in [0.3, 0.4) is 0 Å². The molecule has 3 nitrogen and oxygen atoms in total. The van der Waals surface area contributed by atoms with E-state index in [1.807, 2.05) is 30.3 Å². The summed E-state index contributed by atoms with van der Waals surface area (Å²) in [6.07, 6.45) is 0. The normalized spacial score (nSPS) is 10.2. The van der Waals surface area contributed by atoms with E-state index in [2.05, 4.69) is 0 Å². The standard InChI is InChI=1S/C12H12BNO2S/c14-11-7-6-9(13(15)16)8-12(11)17-10-4-2-1-3-5-10/h1-8,15-16H,14H2. The number of rotatable bonds is 3. The fourth-order valence-electron chi connectivity index (χ4n) is 1.42. The lowest BCUT2D eigenvalue weighted by Crippen LogP contribution is -2.29. The van der Waals surface area contributed by atoms with Crippen molar-refractivity contribution in [2.75, 3.05) is 5.73 Å². The van der Waals surface area contributed by atoms with Gasteiger partial charge in [0.15, 0.2) is 0 Å². The van der Waals surface area contributed by atoms with Gasteiger partial charge in [-0.15, -0.1) is 0 Å². The van der Waals surface area contributed by atoms with Crippen molar-refractivity contribution in [1.29, 1.82) is 0 Å². The van der Waals surface area contributed by atoms with Crippen molar-refractivity contribution >= 4 is 30.0 Å². The van der Waals surface area contributed by atoms with Crippen molar-refractivity contribution in [1.82, 2.24) is 0 Å². The number of hydrogen-bond donors (Lipinski definition) is 3. The molecule has 0 spiro atoms. The van der Waals surface area contributed by atoms with Crippen LogP contribution in [0.15, 0.2) is 58.3 Å². The van der Waals surface area contributed by atoms with Crippen LogP contribution in [-0.4, -0.2) is 17.2 Å². The van der Waals surface area contributed by atoms with Gasteiger partial charge in [-0.3, -0.25) is 0 Å². The predicted octanol–water partition coefficient (Wildman–Crippen LogP) is 1.10. The average molecular weight is 245 g/mol. The van der Waals surface area contributed by atoms with Crippen LogP contribution in [0.2, 0.25) is 0 Å². The van der Waals surface area contributed by atoms with Crippen molar-refractivity contribution < 1.29 is 10.0 Å². The number of hydrogen-bond acceptors (Lipinski definition) is 4. The Morgan fingerprint density at radius 3 is 2.35 bits per heavy atom. The molecular weight excluding hydrogens is 233 g/mol. The maximum atomic E-state index is 9.11. The van der Waals surface area contributed by atoms with Crippen LogP contribution in [0.5, 0.6) is 0 Å². The zero-order valence-corrected chi connectivity index (χ0v) is 9.89. The van der Waals surface area contributed by atoms with Crippen LogP contribution < -0.4 is 11.2 Å². The topological polar surface area (TPSA) is 66.5 Å². The fraction of sp³-hybridized carbons (Fsp3) is 0. The molecule has 0 aliphatic heterocycles. The summed E-state index contributed by atoms with van der Waals surface area (Å²) in [6, 6.07) is 14.8. The van der Waals surface area contributed by atoms with Crippen LogP contribution in [-0.2, 0) is 0 Å². The van der Waals surface area contributed by atoms with Gasteiger partial charge in [-0.1, -0.05) is 36.0 Å². The third-order valence-electron chi connectivity index (χ3n) is 2.31. The molecule has 4 N–H and O–H groups in total. The molecule has 2 rings (SSSR count). The Morgan fingerprint density at radius 1 is 1.00 bits per heavy atom. The molecule has 0 aliphatic rings. The highest BCUT2D eigenvalue weighted by molar-refractivity contribution is 7.99.